The third kappa shape index (κ3) is 2.92. The fourth-order valence-corrected chi connectivity index (χ4v) is 3.12. The second-order valence-corrected chi connectivity index (χ2v) is 5.61. The third-order valence-electron chi connectivity index (χ3n) is 4.26. The lowest BCUT2D eigenvalue weighted by atomic mass is 9.72. The van der Waals surface area contributed by atoms with Crippen LogP contribution in [0.5, 0.6) is 0 Å². The van der Waals surface area contributed by atoms with Gasteiger partial charge in [-0.2, -0.15) is 5.10 Å². The Kier molecular flexibility index (Phi) is 4.04. The maximum atomic E-state index is 11.3. The van der Waals surface area contributed by atoms with Crippen molar-refractivity contribution >= 4 is 5.97 Å². The van der Waals surface area contributed by atoms with Gasteiger partial charge in [0.05, 0.1) is 5.92 Å². The largest absolute Gasteiger partial charge is 0.481 e. The molecule has 1 heterocycles. The minimum absolute atomic E-state index is 0.144. The van der Waals surface area contributed by atoms with Crippen molar-refractivity contribution in [1.82, 2.24) is 9.78 Å². The molecule has 100 valence electrons. The van der Waals surface area contributed by atoms with Crippen molar-refractivity contribution in [2.45, 2.75) is 39.0 Å². The highest BCUT2D eigenvalue weighted by Gasteiger charge is 2.33. The fraction of sp³-hybridized carbons (Fsp3) is 0.714. The Bertz CT molecular complexity index is 414. The van der Waals surface area contributed by atoms with Crippen LogP contribution in [-0.4, -0.2) is 20.9 Å². The number of aliphatic carboxylic acids is 1. The van der Waals surface area contributed by atoms with E-state index >= 15 is 0 Å². The fourth-order valence-electron chi connectivity index (χ4n) is 3.12. The Morgan fingerprint density at radius 1 is 1.56 bits per heavy atom. The molecule has 1 aromatic heterocycles. The average Bonchev–Trinajstić information content (AvgIpc) is 2.72. The second-order valence-electron chi connectivity index (χ2n) is 5.61. The summed E-state index contributed by atoms with van der Waals surface area (Å²) in [5.74, 6) is 0.227. The summed E-state index contributed by atoms with van der Waals surface area (Å²) in [5.41, 5.74) is 1.19. The molecule has 2 rings (SSSR count). The molecule has 4 nitrogen and oxygen atoms in total. The standard InChI is InChI=1S/C14H22N2O2/c1-10-3-6-13(14(17)18)11(9-10)4-5-12-7-8-15-16(12)2/h7-8,10-11,13H,3-6,9H2,1-2H3,(H,17,18). The van der Waals surface area contributed by atoms with Crippen molar-refractivity contribution in [3.05, 3.63) is 18.0 Å². The molecule has 1 aromatic rings. The Labute approximate surface area is 108 Å². The molecule has 1 fully saturated rings. The van der Waals surface area contributed by atoms with Crippen LogP contribution >= 0.6 is 0 Å². The van der Waals surface area contributed by atoms with Crippen molar-refractivity contribution in [3.63, 3.8) is 0 Å². The number of carboxylic acid groups (broad SMARTS) is 1. The number of aryl methyl sites for hydroxylation is 2. The molecule has 1 aliphatic carbocycles. The first-order valence-corrected chi connectivity index (χ1v) is 6.77. The molecule has 1 saturated carbocycles. The normalized spacial score (nSPS) is 28.2. The van der Waals surface area contributed by atoms with E-state index in [9.17, 15) is 9.90 Å². The molecular weight excluding hydrogens is 228 g/mol. The maximum absolute atomic E-state index is 11.3. The number of nitrogens with zero attached hydrogens (tertiary/aromatic N) is 2. The Hall–Kier alpha value is -1.32. The summed E-state index contributed by atoms with van der Waals surface area (Å²) in [6.45, 7) is 2.23. The highest BCUT2D eigenvalue weighted by atomic mass is 16.4. The van der Waals surface area contributed by atoms with Gasteiger partial charge in [0.25, 0.3) is 0 Å². The van der Waals surface area contributed by atoms with E-state index in [2.05, 4.69) is 12.0 Å². The first kappa shape index (κ1) is 13.1. The van der Waals surface area contributed by atoms with Gasteiger partial charge in [0.15, 0.2) is 0 Å². The average molecular weight is 250 g/mol. The van der Waals surface area contributed by atoms with Crippen molar-refractivity contribution in [2.75, 3.05) is 0 Å². The molecule has 0 aliphatic heterocycles. The molecule has 3 atom stereocenters. The van der Waals surface area contributed by atoms with Crippen molar-refractivity contribution < 1.29 is 9.90 Å². The highest BCUT2D eigenvalue weighted by molar-refractivity contribution is 5.70. The van der Waals surface area contributed by atoms with Gasteiger partial charge in [0.2, 0.25) is 0 Å². The van der Waals surface area contributed by atoms with Crippen LogP contribution in [0.3, 0.4) is 0 Å². The van der Waals surface area contributed by atoms with E-state index < -0.39 is 5.97 Å². The van der Waals surface area contributed by atoms with E-state index in [4.69, 9.17) is 0 Å². The van der Waals surface area contributed by atoms with E-state index in [-0.39, 0.29) is 5.92 Å². The number of hydrogen-bond acceptors (Lipinski definition) is 2. The predicted molar refractivity (Wildman–Crippen MR) is 69.2 cm³/mol. The van der Waals surface area contributed by atoms with Crippen LogP contribution in [0.15, 0.2) is 12.3 Å². The minimum atomic E-state index is -0.614. The zero-order valence-electron chi connectivity index (χ0n) is 11.2. The van der Waals surface area contributed by atoms with Gasteiger partial charge in [0.1, 0.15) is 0 Å². The lowest BCUT2D eigenvalue weighted by Gasteiger charge is -2.32. The lowest BCUT2D eigenvalue weighted by Crippen LogP contribution is -2.30. The third-order valence-corrected chi connectivity index (χ3v) is 4.26. The van der Waals surface area contributed by atoms with Crippen LogP contribution in [-0.2, 0) is 18.3 Å². The zero-order chi connectivity index (χ0) is 13.1. The maximum Gasteiger partial charge on any atom is 0.306 e. The molecule has 1 aliphatic rings. The number of aromatic nitrogens is 2. The van der Waals surface area contributed by atoms with E-state index in [1.165, 1.54) is 5.69 Å². The van der Waals surface area contributed by atoms with Crippen LogP contribution in [0.2, 0.25) is 0 Å². The SMILES string of the molecule is CC1CCC(C(=O)O)C(CCc2ccnn2C)C1. The molecule has 18 heavy (non-hydrogen) atoms. The van der Waals surface area contributed by atoms with Crippen molar-refractivity contribution in [2.24, 2.45) is 24.8 Å². The van der Waals surface area contributed by atoms with Crippen LogP contribution in [0.1, 0.15) is 38.3 Å². The summed E-state index contributed by atoms with van der Waals surface area (Å²) in [4.78, 5) is 11.3. The van der Waals surface area contributed by atoms with Crippen molar-refractivity contribution in [1.29, 1.82) is 0 Å². The van der Waals surface area contributed by atoms with Gasteiger partial charge >= 0.3 is 5.97 Å². The summed E-state index contributed by atoms with van der Waals surface area (Å²) in [5, 5.41) is 13.4. The number of rotatable bonds is 4. The molecule has 1 N–H and O–H groups in total. The lowest BCUT2D eigenvalue weighted by molar-refractivity contribution is -0.145. The molecule has 0 aromatic carbocycles. The molecular formula is C14H22N2O2. The molecule has 0 amide bonds. The molecule has 3 unspecified atom stereocenters. The van der Waals surface area contributed by atoms with Gasteiger partial charge in [-0.25, -0.2) is 0 Å². The smallest absolute Gasteiger partial charge is 0.306 e. The van der Waals surface area contributed by atoms with Crippen LogP contribution in [0.25, 0.3) is 0 Å². The van der Waals surface area contributed by atoms with E-state index in [0.29, 0.717) is 11.8 Å². The predicted octanol–water partition coefficient (Wildman–Crippen LogP) is 2.49. The zero-order valence-corrected chi connectivity index (χ0v) is 11.2. The van der Waals surface area contributed by atoms with Gasteiger partial charge < -0.3 is 5.11 Å². The molecule has 0 saturated heterocycles. The second kappa shape index (κ2) is 5.55. The van der Waals surface area contributed by atoms with E-state index in [1.54, 1.807) is 6.20 Å². The summed E-state index contributed by atoms with van der Waals surface area (Å²) in [6, 6.07) is 2.02. The van der Waals surface area contributed by atoms with E-state index in [0.717, 1.165) is 32.1 Å². The molecule has 0 radical (unpaired) electrons. The summed E-state index contributed by atoms with van der Waals surface area (Å²) in [6.07, 6.45) is 6.63. The van der Waals surface area contributed by atoms with Gasteiger partial charge in [0, 0.05) is 18.9 Å². The summed E-state index contributed by atoms with van der Waals surface area (Å²) in [7, 11) is 1.94. The Morgan fingerprint density at radius 2 is 2.33 bits per heavy atom. The number of hydrogen-bond donors (Lipinski definition) is 1. The summed E-state index contributed by atoms with van der Waals surface area (Å²) < 4.78 is 1.88. The topological polar surface area (TPSA) is 55.1 Å². The quantitative estimate of drug-likeness (QED) is 0.893. The number of carbonyl (C=O) groups is 1. The summed E-state index contributed by atoms with van der Waals surface area (Å²) >= 11 is 0. The molecule has 0 spiro atoms. The molecule has 4 heteroatoms. The van der Waals surface area contributed by atoms with E-state index in [1.807, 2.05) is 17.8 Å². The van der Waals surface area contributed by atoms with Crippen LogP contribution < -0.4 is 0 Å². The minimum Gasteiger partial charge on any atom is -0.481 e. The van der Waals surface area contributed by atoms with Gasteiger partial charge in [-0.3, -0.25) is 9.48 Å². The van der Waals surface area contributed by atoms with Gasteiger partial charge in [-0.05, 0) is 50.0 Å². The molecule has 0 bridgehead atoms. The highest BCUT2D eigenvalue weighted by Crippen LogP contribution is 2.36. The van der Waals surface area contributed by atoms with Gasteiger partial charge in [-0.1, -0.05) is 6.92 Å². The van der Waals surface area contributed by atoms with Crippen LogP contribution in [0.4, 0.5) is 0 Å². The van der Waals surface area contributed by atoms with Crippen LogP contribution in [0, 0.1) is 17.8 Å². The van der Waals surface area contributed by atoms with Gasteiger partial charge in [-0.15, -0.1) is 0 Å². The first-order valence-electron chi connectivity index (χ1n) is 6.77. The number of carboxylic acids is 1. The monoisotopic (exact) mass is 250 g/mol. The Morgan fingerprint density at radius 3 is 2.94 bits per heavy atom. The van der Waals surface area contributed by atoms with Crippen molar-refractivity contribution in [3.8, 4) is 0 Å². The first-order chi connectivity index (χ1) is 8.58. The Balaban J connectivity index is 1.96.